The molecular weight excluding hydrogens is 380 g/mol. The van der Waals surface area contributed by atoms with E-state index in [4.69, 9.17) is 9.47 Å². The third-order valence-corrected chi connectivity index (χ3v) is 4.71. The average Bonchev–Trinajstić information content (AvgIpc) is 2.74. The second-order valence-corrected chi connectivity index (χ2v) is 7.79. The van der Waals surface area contributed by atoms with E-state index in [2.05, 4.69) is 5.32 Å². The molecule has 6 heteroatoms. The lowest BCUT2D eigenvalue weighted by molar-refractivity contribution is -0.142. The van der Waals surface area contributed by atoms with Gasteiger partial charge in [0.25, 0.3) is 5.91 Å². The Morgan fingerprint density at radius 1 is 1.03 bits per heavy atom. The molecule has 2 aromatic rings. The Bertz CT molecular complexity index is 833. The summed E-state index contributed by atoms with van der Waals surface area (Å²) in [5, 5.41) is 2.91. The molecule has 2 rings (SSSR count). The van der Waals surface area contributed by atoms with E-state index in [0.29, 0.717) is 30.5 Å². The molecule has 0 aliphatic heterocycles. The molecule has 0 saturated carbocycles. The first-order valence-corrected chi connectivity index (χ1v) is 10.2. The summed E-state index contributed by atoms with van der Waals surface area (Å²) in [4.78, 5) is 27.2. The van der Waals surface area contributed by atoms with Gasteiger partial charge >= 0.3 is 0 Å². The van der Waals surface area contributed by atoms with Gasteiger partial charge in [-0.2, -0.15) is 0 Å². The highest BCUT2D eigenvalue weighted by Gasteiger charge is 2.26. The highest BCUT2D eigenvalue weighted by atomic mass is 16.5. The molecule has 2 aromatic carbocycles. The SMILES string of the molecule is COc1ccc(OCC(=O)N(Cc2cccc(C)c2)C(C)C(=O)NCC(C)C)cc1. The maximum Gasteiger partial charge on any atom is 0.261 e. The van der Waals surface area contributed by atoms with Crippen molar-refractivity contribution in [2.24, 2.45) is 5.92 Å². The second-order valence-electron chi connectivity index (χ2n) is 7.79. The summed E-state index contributed by atoms with van der Waals surface area (Å²) in [5.41, 5.74) is 2.07. The van der Waals surface area contributed by atoms with Gasteiger partial charge in [0.2, 0.25) is 5.91 Å². The van der Waals surface area contributed by atoms with E-state index in [1.165, 1.54) is 0 Å². The van der Waals surface area contributed by atoms with Crippen molar-refractivity contribution in [3.8, 4) is 11.5 Å². The number of hydrogen-bond donors (Lipinski definition) is 1. The Morgan fingerprint density at radius 3 is 2.30 bits per heavy atom. The fraction of sp³-hybridized carbons (Fsp3) is 0.417. The molecule has 0 heterocycles. The van der Waals surface area contributed by atoms with Crippen molar-refractivity contribution in [3.05, 3.63) is 59.7 Å². The molecule has 0 saturated heterocycles. The fourth-order valence-electron chi connectivity index (χ4n) is 2.94. The number of aryl methyl sites for hydroxylation is 1. The van der Waals surface area contributed by atoms with Crippen molar-refractivity contribution in [2.45, 2.75) is 40.3 Å². The molecular formula is C24H32N2O4. The van der Waals surface area contributed by atoms with Crippen LogP contribution in [-0.2, 0) is 16.1 Å². The Hall–Kier alpha value is -3.02. The zero-order valence-electron chi connectivity index (χ0n) is 18.5. The van der Waals surface area contributed by atoms with Crippen LogP contribution in [0.2, 0.25) is 0 Å². The van der Waals surface area contributed by atoms with Crippen LogP contribution in [0.25, 0.3) is 0 Å². The molecule has 1 unspecified atom stereocenters. The van der Waals surface area contributed by atoms with Crippen LogP contribution >= 0.6 is 0 Å². The minimum atomic E-state index is -0.615. The third kappa shape index (κ3) is 7.10. The largest absolute Gasteiger partial charge is 0.497 e. The molecule has 0 bridgehead atoms. The summed E-state index contributed by atoms with van der Waals surface area (Å²) in [6.07, 6.45) is 0. The van der Waals surface area contributed by atoms with Gasteiger partial charge in [0.15, 0.2) is 6.61 Å². The van der Waals surface area contributed by atoms with E-state index in [1.807, 2.05) is 45.0 Å². The summed E-state index contributed by atoms with van der Waals surface area (Å²) in [5.74, 6) is 1.19. The molecule has 6 nitrogen and oxygen atoms in total. The number of amides is 2. The van der Waals surface area contributed by atoms with Crippen LogP contribution in [0.4, 0.5) is 0 Å². The van der Waals surface area contributed by atoms with Gasteiger partial charge in [0.1, 0.15) is 17.5 Å². The zero-order chi connectivity index (χ0) is 22.1. The standard InChI is InChI=1S/C24H32N2O4/c1-17(2)14-25-24(28)19(4)26(15-20-8-6-7-18(3)13-20)23(27)16-30-22-11-9-21(29-5)10-12-22/h6-13,17,19H,14-16H2,1-5H3,(H,25,28). The Morgan fingerprint density at radius 2 is 1.70 bits per heavy atom. The number of methoxy groups -OCH3 is 1. The number of ether oxygens (including phenoxy) is 2. The summed E-state index contributed by atoms with van der Waals surface area (Å²) in [7, 11) is 1.59. The number of rotatable bonds is 10. The van der Waals surface area contributed by atoms with E-state index in [0.717, 1.165) is 11.1 Å². The minimum Gasteiger partial charge on any atom is -0.497 e. The van der Waals surface area contributed by atoms with Gasteiger partial charge < -0.3 is 19.7 Å². The van der Waals surface area contributed by atoms with Crippen LogP contribution in [0.3, 0.4) is 0 Å². The molecule has 2 amide bonds. The molecule has 0 aliphatic carbocycles. The quantitative estimate of drug-likeness (QED) is 0.648. The normalized spacial score (nSPS) is 11.7. The maximum absolute atomic E-state index is 13.0. The van der Waals surface area contributed by atoms with Crippen LogP contribution < -0.4 is 14.8 Å². The molecule has 1 N–H and O–H groups in total. The monoisotopic (exact) mass is 412 g/mol. The highest BCUT2D eigenvalue weighted by Crippen LogP contribution is 2.18. The van der Waals surface area contributed by atoms with Gasteiger partial charge in [-0.05, 0) is 49.6 Å². The summed E-state index contributed by atoms with van der Waals surface area (Å²) in [6, 6.07) is 14.3. The minimum absolute atomic E-state index is 0.153. The van der Waals surface area contributed by atoms with Crippen LogP contribution in [0, 0.1) is 12.8 Å². The van der Waals surface area contributed by atoms with Crippen molar-refractivity contribution in [3.63, 3.8) is 0 Å². The molecule has 1 atom stereocenters. The number of nitrogens with zero attached hydrogens (tertiary/aromatic N) is 1. The van der Waals surface area contributed by atoms with E-state index < -0.39 is 6.04 Å². The lowest BCUT2D eigenvalue weighted by atomic mass is 10.1. The molecule has 0 aromatic heterocycles. The maximum atomic E-state index is 13.0. The number of benzene rings is 2. The van der Waals surface area contributed by atoms with Gasteiger partial charge in [0.05, 0.1) is 7.11 Å². The van der Waals surface area contributed by atoms with Gasteiger partial charge in [0, 0.05) is 13.1 Å². The van der Waals surface area contributed by atoms with E-state index in [1.54, 1.807) is 43.2 Å². The molecule has 0 aliphatic rings. The Labute approximate surface area is 179 Å². The first kappa shape index (κ1) is 23.3. The summed E-state index contributed by atoms with van der Waals surface area (Å²) < 4.78 is 10.8. The number of carbonyl (C=O) groups excluding carboxylic acids is 2. The number of hydrogen-bond acceptors (Lipinski definition) is 4. The van der Waals surface area contributed by atoms with E-state index in [9.17, 15) is 9.59 Å². The topological polar surface area (TPSA) is 67.9 Å². The highest BCUT2D eigenvalue weighted by molar-refractivity contribution is 5.87. The first-order valence-electron chi connectivity index (χ1n) is 10.2. The number of nitrogens with one attached hydrogen (secondary N) is 1. The molecule has 0 spiro atoms. The smallest absolute Gasteiger partial charge is 0.261 e. The fourth-order valence-corrected chi connectivity index (χ4v) is 2.94. The van der Waals surface area contributed by atoms with Gasteiger partial charge in [-0.15, -0.1) is 0 Å². The summed E-state index contributed by atoms with van der Waals surface area (Å²) >= 11 is 0. The van der Waals surface area contributed by atoms with Crippen molar-refractivity contribution in [1.82, 2.24) is 10.2 Å². The molecule has 0 fully saturated rings. The molecule has 162 valence electrons. The third-order valence-electron chi connectivity index (χ3n) is 4.71. The lowest BCUT2D eigenvalue weighted by Gasteiger charge is -2.29. The van der Waals surface area contributed by atoms with E-state index >= 15 is 0 Å². The van der Waals surface area contributed by atoms with Crippen molar-refractivity contribution >= 4 is 11.8 Å². The van der Waals surface area contributed by atoms with Crippen molar-refractivity contribution in [1.29, 1.82) is 0 Å². The van der Waals surface area contributed by atoms with Crippen LogP contribution in [-0.4, -0.2) is 43.0 Å². The van der Waals surface area contributed by atoms with Crippen LogP contribution in [0.15, 0.2) is 48.5 Å². The average molecular weight is 413 g/mol. The zero-order valence-corrected chi connectivity index (χ0v) is 18.5. The van der Waals surface area contributed by atoms with E-state index in [-0.39, 0.29) is 18.4 Å². The molecule has 30 heavy (non-hydrogen) atoms. The second kappa shape index (κ2) is 11.2. The predicted molar refractivity (Wildman–Crippen MR) is 118 cm³/mol. The van der Waals surface area contributed by atoms with Gasteiger partial charge in [-0.1, -0.05) is 43.7 Å². The predicted octanol–water partition coefficient (Wildman–Crippen LogP) is 3.57. The van der Waals surface area contributed by atoms with Crippen LogP contribution in [0.1, 0.15) is 31.9 Å². The Kier molecular flexibility index (Phi) is 8.71. The lowest BCUT2D eigenvalue weighted by Crippen LogP contribution is -2.49. The van der Waals surface area contributed by atoms with Crippen LogP contribution in [0.5, 0.6) is 11.5 Å². The van der Waals surface area contributed by atoms with Gasteiger partial charge in [-0.25, -0.2) is 0 Å². The number of carbonyl (C=O) groups is 2. The van der Waals surface area contributed by atoms with Crippen molar-refractivity contribution in [2.75, 3.05) is 20.3 Å². The van der Waals surface area contributed by atoms with Gasteiger partial charge in [-0.3, -0.25) is 9.59 Å². The Balaban J connectivity index is 2.11. The van der Waals surface area contributed by atoms with Crippen molar-refractivity contribution < 1.29 is 19.1 Å². The first-order chi connectivity index (χ1) is 14.3. The summed E-state index contributed by atoms with van der Waals surface area (Å²) in [6.45, 7) is 8.56. The molecule has 0 radical (unpaired) electrons.